The molecule has 0 aliphatic heterocycles. The van der Waals surface area contributed by atoms with E-state index in [0.29, 0.717) is 11.3 Å². The van der Waals surface area contributed by atoms with Gasteiger partial charge >= 0.3 is 0 Å². The Morgan fingerprint density at radius 3 is 2.42 bits per heavy atom. The number of carbonyl (C=O) groups excluding carboxylic acids is 1. The smallest absolute Gasteiger partial charge is 0.270 e. The molecule has 6 heteroatoms. The highest BCUT2D eigenvalue weighted by Gasteiger charge is 2.43. The molecule has 6 nitrogen and oxygen atoms in total. The largest absolute Gasteiger partial charge is 0.273 e. The normalized spacial score (nSPS) is 18.0. The number of allylic oxidation sites excluding steroid dienone is 1. The number of nitrogens with zero attached hydrogens (tertiary/aromatic N) is 2. The molecule has 0 heterocycles. The molecule has 0 unspecified atom stereocenters. The first-order valence-corrected chi connectivity index (χ1v) is 10.0. The predicted octanol–water partition coefficient (Wildman–Crippen LogP) is 4.93. The van der Waals surface area contributed by atoms with Crippen molar-refractivity contribution in [3.05, 3.63) is 118 Å². The lowest BCUT2D eigenvalue weighted by Crippen LogP contribution is -2.21. The van der Waals surface area contributed by atoms with Gasteiger partial charge in [0.1, 0.15) is 0 Å². The molecule has 0 aromatic heterocycles. The third kappa shape index (κ3) is 5.11. The van der Waals surface area contributed by atoms with Gasteiger partial charge in [-0.2, -0.15) is 5.10 Å². The fourth-order valence-corrected chi connectivity index (χ4v) is 3.47. The van der Waals surface area contributed by atoms with Gasteiger partial charge in [-0.05, 0) is 29.5 Å². The van der Waals surface area contributed by atoms with Crippen LogP contribution in [0.25, 0.3) is 6.08 Å². The molecule has 0 saturated heterocycles. The van der Waals surface area contributed by atoms with Gasteiger partial charge in [0.05, 0.1) is 10.6 Å². The van der Waals surface area contributed by atoms with Gasteiger partial charge in [0.25, 0.3) is 5.69 Å². The zero-order valence-electron chi connectivity index (χ0n) is 16.7. The number of nitrogens with one attached hydrogen (secondary N) is 1. The highest BCUT2D eigenvalue weighted by molar-refractivity contribution is 6.11. The Morgan fingerprint density at radius 1 is 1.00 bits per heavy atom. The van der Waals surface area contributed by atoms with Gasteiger partial charge in [0.2, 0.25) is 5.91 Å². The maximum atomic E-state index is 12.6. The van der Waals surface area contributed by atoms with E-state index in [-0.39, 0.29) is 23.4 Å². The summed E-state index contributed by atoms with van der Waals surface area (Å²) in [5, 5.41) is 15.5. The van der Waals surface area contributed by atoms with E-state index in [1.165, 1.54) is 12.1 Å². The minimum atomic E-state index is -0.449. The Balaban J connectivity index is 1.54. The van der Waals surface area contributed by atoms with Gasteiger partial charge in [-0.1, -0.05) is 78.9 Å². The van der Waals surface area contributed by atoms with Crippen LogP contribution >= 0.6 is 0 Å². The molecule has 3 aromatic carbocycles. The van der Waals surface area contributed by atoms with Crippen LogP contribution < -0.4 is 5.43 Å². The molecule has 1 aliphatic carbocycles. The Bertz CT molecular complexity index is 1140. The summed E-state index contributed by atoms with van der Waals surface area (Å²) >= 11 is 0. The monoisotopic (exact) mass is 411 g/mol. The highest BCUT2D eigenvalue weighted by atomic mass is 16.6. The minimum absolute atomic E-state index is 0.0315. The van der Waals surface area contributed by atoms with E-state index < -0.39 is 4.92 Å². The van der Waals surface area contributed by atoms with Crippen LogP contribution in [-0.2, 0) is 4.79 Å². The Labute approximate surface area is 180 Å². The van der Waals surface area contributed by atoms with E-state index >= 15 is 0 Å². The van der Waals surface area contributed by atoms with Crippen LogP contribution in [0.2, 0.25) is 0 Å². The van der Waals surface area contributed by atoms with Crippen molar-refractivity contribution in [1.29, 1.82) is 0 Å². The van der Waals surface area contributed by atoms with E-state index in [9.17, 15) is 14.9 Å². The third-order valence-electron chi connectivity index (χ3n) is 5.23. The molecular weight excluding hydrogens is 390 g/mol. The summed E-state index contributed by atoms with van der Waals surface area (Å²) in [5.41, 5.74) is 5.72. The molecule has 1 fully saturated rings. The van der Waals surface area contributed by atoms with Crippen LogP contribution in [0.15, 0.2) is 96.1 Å². The summed E-state index contributed by atoms with van der Waals surface area (Å²) in [4.78, 5) is 23.3. The fraction of sp³-hybridized carbons (Fsp3) is 0.120. The van der Waals surface area contributed by atoms with E-state index in [2.05, 4.69) is 10.5 Å². The molecule has 3 aromatic rings. The van der Waals surface area contributed by atoms with Gasteiger partial charge in [0, 0.05) is 23.6 Å². The summed E-state index contributed by atoms with van der Waals surface area (Å²) in [6.45, 7) is 0. The molecule has 4 rings (SSSR count). The van der Waals surface area contributed by atoms with Crippen LogP contribution in [0, 0.1) is 16.0 Å². The molecule has 0 spiro atoms. The van der Waals surface area contributed by atoms with E-state index in [1.54, 1.807) is 18.2 Å². The first-order chi connectivity index (χ1) is 15.1. The van der Waals surface area contributed by atoms with Gasteiger partial charge < -0.3 is 0 Å². The number of hydrazone groups is 1. The number of nitro benzene ring substituents is 1. The average Bonchev–Trinajstić information content (AvgIpc) is 3.61. The number of hydrogen-bond acceptors (Lipinski definition) is 4. The van der Waals surface area contributed by atoms with Crippen molar-refractivity contribution < 1.29 is 9.72 Å². The topological polar surface area (TPSA) is 84.6 Å². The summed E-state index contributed by atoms with van der Waals surface area (Å²) in [6.07, 6.45) is 4.39. The Kier molecular flexibility index (Phi) is 5.98. The number of hydrogen-bond donors (Lipinski definition) is 1. The number of benzene rings is 3. The van der Waals surface area contributed by atoms with E-state index in [4.69, 9.17) is 0 Å². The number of nitro groups is 1. The second-order valence-corrected chi connectivity index (χ2v) is 7.38. The quantitative estimate of drug-likeness (QED) is 0.340. The van der Waals surface area contributed by atoms with Crippen molar-refractivity contribution >= 4 is 23.4 Å². The number of non-ortho nitro benzene ring substituents is 1. The summed E-state index contributed by atoms with van der Waals surface area (Å²) in [7, 11) is 0. The third-order valence-corrected chi connectivity index (χ3v) is 5.23. The molecule has 1 saturated carbocycles. The number of rotatable bonds is 7. The molecular formula is C25H21N3O3. The first-order valence-electron chi connectivity index (χ1n) is 10.0. The van der Waals surface area contributed by atoms with Gasteiger partial charge in [-0.3, -0.25) is 14.9 Å². The molecule has 1 amide bonds. The number of amides is 1. The average molecular weight is 411 g/mol. The first kappa shape index (κ1) is 20.2. The SMILES string of the molecule is O=C(N/N=C(\C=C\c1ccccc1)c1cccc([N+](=O)[O-])c1)[C@H]1C[C@H]1c1ccccc1. The molecule has 0 radical (unpaired) electrons. The van der Waals surface area contributed by atoms with Crippen molar-refractivity contribution in [3.63, 3.8) is 0 Å². The molecule has 1 N–H and O–H groups in total. The molecule has 0 bridgehead atoms. The van der Waals surface area contributed by atoms with Crippen molar-refractivity contribution in [2.24, 2.45) is 11.0 Å². The summed E-state index contributed by atoms with van der Waals surface area (Å²) in [6, 6.07) is 25.8. The van der Waals surface area contributed by atoms with E-state index in [1.807, 2.05) is 66.7 Å². The lowest BCUT2D eigenvalue weighted by atomic mass is 10.1. The van der Waals surface area contributed by atoms with Crippen LogP contribution in [-0.4, -0.2) is 16.5 Å². The lowest BCUT2D eigenvalue weighted by Gasteiger charge is -2.05. The van der Waals surface area contributed by atoms with Crippen molar-refractivity contribution in [3.8, 4) is 0 Å². The summed E-state index contributed by atoms with van der Waals surface area (Å²) in [5.74, 6) is -0.0574. The zero-order valence-corrected chi connectivity index (χ0v) is 16.7. The zero-order chi connectivity index (χ0) is 21.6. The highest BCUT2D eigenvalue weighted by Crippen LogP contribution is 2.47. The van der Waals surface area contributed by atoms with Gasteiger partial charge in [0.15, 0.2) is 0 Å². The standard InChI is InChI=1S/C25H21N3O3/c29-25(23-17-22(23)19-10-5-2-6-11-19)27-26-24(15-14-18-8-3-1-4-9-18)20-12-7-13-21(16-20)28(30)31/h1-16,22-23H,17H2,(H,27,29)/b15-14+,26-24+/t22-,23-/m0/s1. The predicted molar refractivity (Wildman–Crippen MR) is 121 cm³/mol. The second-order valence-electron chi connectivity index (χ2n) is 7.38. The Hall–Kier alpha value is -4.06. The Morgan fingerprint density at radius 2 is 1.71 bits per heavy atom. The lowest BCUT2D eigenvalue weighted by molar-refractivity contribution is -0.384. The molecule has 154 valence electrons. The fourth-order valence-electron chi connectivity index (χ4n) is 3.47. The van der Waals surface area contributed by atoms with Crippen LogP contribution in [0.1, 0.15) is 29.0 Å². The van der Waals surface area contributed by atoms with Crippen molar-refractivity contribution in [2.75, 3.05) is 0 Å². The minimum Gasteiger partial charge on any atom is -0.273 e. The van der Waals surface area contributed by atoms with Crippen LogP contribution in [0.5, 0.6) is 0 Å². The van der Waals surface area contributed by atoms with Crippen LogP contribution in [0.3, 0.4) is 0 Å². The van der Waals surface area contributed by atoms with Crippen LogP contribution in [0.4, 0.5) is 5.69 Å². The maximum absolute atomic E-state index is 12.6. The second kappa shape index (κ2) is 9.17. The molecule has 1 aliphatic rings. The van der Waals surface area contributed by atoms with Crippen molar-refractivity contribution in [2.45, 2.75) is 12.3 Å². The van der Waals surface area contributed by atoms with Crippen molar-refractivity contribution in [1.82, 2.24) is 5.43 Å². The number of carbonyl (C=O) groups is 1. The maximum Gasteiger partial charge on any atom is 0.270 e. The molecule has 2 atom stereocenters. The van der Waals surface area contributed by atoms with Gasteiger partial charge in [-0.15, -0.1) is 0 Å². The van der Waals surface area contributed by atoms with E-state index in [0.717, 1.165) is 17.5 Å². The molecule has 31 heavy (non-hydrogen) atoms. The van der Waals surface area contributed by atoms with Gasteiger partial charge in [-0.25, -0.2) is 5.43 Å². The summed E-state index contributed by atoms with van der Waals surface area (Å²) < 4.78 is 0.